The number of amides is 1. The Hall–Kier alpha value is -3.06. The fourth-order valence-electron chi connectivity index (χ4n) is 2.21. The third kappa shape index (κ3) is 4.52. The first-order valence-corrected chi connectivity index (χ1v) is 8.73. The van der Waals surface area contributed by atoms with Crippen LogP contribution in [-0.4, -0.2) is 13.0 Å². The third-order valence-electron chi connectivity index (χ3n) is 3.55. The van der Waals surface area contributed by atoms with Gasteiger partial charge >= 0.3 is 0 Å². The zero-order chi connectivity index (χ0) is 18.4. The number of nitrogens with one attached hydrogen (secondary N) is 1. The van der Waals surface area contributed by atoms with Crippen molar-refractivity contribution in [3.63, 3.8) is 0 Å². The molecule has 0 aliphatic rings. The summed E-state index contributed by atoms with van der Waals surface area (Å²) in [7, 11) is 1.58. The molecule has 3 rings (SSSR count). The Kier molecular flexibility index (Phi) is 5.70. The smallest absolute Gasteiger partial charge is 0.287 e. The van der Waals surface area contributed by atoms with Crippen molar-refractivity contribution in [3.05, 3.63) is 80.5 Å². The zero-order valence-electron chi connectivity index (χ0n) is 14.1. The maximum absolute atomic E-state index is 12.1. The molecule has 0 bridgehead atoms. The Bertz CT molecular complexity index is 933. The van der Waals surface area contributed by atoms with Gasteiger partial charge in [-0.1, -0.05) is 18.2 Å². The number of rotatable bonds is 7. The summed E-state index contributed by atoms with van der Waals surface area (Å²) in [4.78, 5) is 25.2. The van der Waals surface area contributed by atoms with Crippen LogP contribution in [0.1, 0.15) is 21.0 Å². The highest BCUT2D eigenvalue weighted by molar-refractivity contribution is 7.09. The van der Waals surface area contributed by atoms with Crippen LogP contribution in [0.4, 0.5) is 0 Å². The minimum Gasteiger partial charge on any atom is -0.497 e. The number of hydrogen-bond donors (Lipinski definition) is 1. The lowest BCUT2D eigenvalue weighted by atomic mass is 10.2. The van der Waals surface area contributed by atoms with E-state index in [4.69, 9.17) is 13.9 Å². The quantitative estimate of drug-likeness (QED) is 0.690. The molecule has 0 radical (unpaired) electrons. The highest BCUT2D eigenvalue weighted by Crippen LogP contribution is 2.15. The molecule has 0 aliphatic heterocycles. The number of carbonyl (C=O) groups is 1. The van der Waals surface area contributed by atoms with Gasteiger partial charge < -0.3 is 19.2 Å². The average Bonchev–Trinajstić information content (AvgIpc) is 3.19. The van der Waals surface area contributed by atoms with Crippen molar-refractivity contribution in [2.75, 3.05) is 7.11 Å². The van der Waals surface area contributed by atoms with Gasteiger partial charge in [-0.15, -0.1) is 11.3 Å². The number of ether oxygens (including phenoxy) is 2. The molecule has 3 aromatic rings. The molecule has 2 heterocycles. The highest BCUT2D eigenvalue weighted by atomic mass is 32.1. The van der Waals surface area contributed by atoms with Gasteiger partial charge in [-0.3, -0.25) is 9.59 Å². The Morgan fingerprint density at radius 1 is 1.23 bits per heavy atom. The van der Waals surface area contributed by atoms with E-state index >= 15 is 0 Å². The van der Waals surface area contributed by atoms with Gasteiger partial charge in [0.15, 0.2) is 5.76 Å². The van der Waals surface area contributed by atoms with Crippen LogP contribution in [0.15, 0.2) is 63.3 Å². The van der Waals surface area contributed by atoms with Crippen LogP contribution in [0, 0.1) is 0 Å². The Morgan fingerprint density at radius 2 is 2.12 bits per heavy atom. The molecule has 1 amide bonds. The van der Waals surface area contributed by atoms with Gasteiger partial charge in [0.2, 0.25) is 11.2 Å². The maximum atomic E-state index is 12.1. The van der Waals surface area contributed by atoms with Gasteiger partial charge in [0, 0.05) is 10.9 Å². The second kappa shape index (κ2) is 8.35. The van der Waals surface area contributed by atoms with Crippen molar-refractivity contribution in [1.82, 2.24) is 5.32 Å². The Labute approximate surface area is 154 Å². The minimum absolute atomic E-state index is 0.0441. The molecule has 26 heavy (non-hydrogen) atoms. The summed E-state index contributed by atoms with van der Waals surface area (Å²) in [6.07, 6.45) is 1.16. The first-order chi connectivity index (χ1) is 12.7. The summed E-state index contributed by atoms with van der Waals surface area (Å²) in [5.74, 6) is 0.244. The number of hydrogen-bond acceptors (Lipinski definition) is 6. The minimum atomic E-state index is -0.449. The lowest BCUT2D eigenvalue weighted by Gasteiger charge is -2.07. The van der Waals surface area contributed by atoms with Gasteiger partial charge in [0.1, 0.15) is 18.6 Å². The first kappa shape index (κ1) is 17.8. The predicted molar refractivity (Wildman–Crippen MR) is 97.8 cm³/mol. The summed E-state index contributed by atoms with van der Waals surface area (Å²) < 4.78 is 15.9. The molecule has 2 aromatic heterocycles. The monoisotopic (exact) mass is 371 g/mol. The van der Waals surface area contributed by atoms with Crippen LogP contribution in [-0.2, 0) is 13.2 Å². The topological polar surface area (TPSA) is 77.8 Å². The van der Waals surface area contributed by atoms with E-state index < -0.39 is 11.3 Å². The van der Waals surface area contributed by atoms with Crippen molar-refractivity contribution in [3.8, 4) is 11.5 Å². The van der Waals surface area contributed by atoms with Gasteiger partial charge in [-0.25, -0.2) is 0 Å². The number of thiophene rings is 1. The van der Waals surface area contributed by atoms with Crippen LogP contribution in [0.25, 0.3) is 0 Å². The lowest BCUT2D eigenvalue weighted by molar-refractivity contribution is 0.0920. The molecule has 6 nitrogen and oxygen atoms in total. The molecule has 7 heteroatoms. The van der Waals surface area contributed by atoms with E-state index in [1.165, 1.54) is 11.3 Å². The normalized spacial score (nSPS) is 10.3. The Balaban J connectivity index is 1.61. The molecule has 1 aromatic carbocycles. The van der Waals surface area contributed by atoms with E-state index in [0.29, 0.717) is 12.3 Å². The molecule has 0 atom stereocenters. The van der Waals surface area contributed by atoms with E-state index in [2.05, 4.69) is 5.32 Å². The van der Waals surface area contributed by atoms with E-state index in [1.807, 2.05) is 41.8 Å². The van der Waals surface area contributed by atoms with Crippen LogP contribution < -0.4 is 20.2 Å². The van der Waals surface area contributed by atoms with E-state index in [-0.39, 0.29) is 18.1 Å². The SMILES string of the molecule is COc1cccc(COc2coc(C(=O)NCc3cccs3)cc2=O)c1. The number of benzene rings is 1. The molecule has 1 N–H and O–H groups in total. The maximum Gasteiger partial charge on any atom is 0.287 e. The lowest BCUT2D eigenvalue weighted by Crippen LogP contribution is -2.23. The molecular formula is C19H17NO5S. The molecule has 0 saturated carbocycles. The Morgan fingerprint density at radius 3 is 2.85 bits per heavy atom. The zero-order valence-corrected chi connectivity index (χ0v) is 14.9. The van der Waals surface area contributed by atoms with Crippen molar-refractivity contribution in [2.24, 2.45) is 0 Å². The van der Waals surface area contributed by atoms with Crippen LogP contribution in [0.5, 0.6) is 11.5 Å². The number of carbonyl (C=O) groups excluding carboxylic acids is 1. The fourth-order valence-corrected chi connectivity index (χ4v) is 2.86. The van der Waals surface area contributed by atoms with Crippen molar-refractivity contribution in [2.45, 2.75) is 13.2 Å². The first-order valence-electron chi connectivity index (χ1n) is 7.85. The summed E-state index contributed by atoms with van der Waals surface area (Å²) in [6.45, 7) is 0.570. The second-order valence-corrected chi connectivity index (χ2v) is 6.41. The fraction of sp³-hybridized carbons (Fsp3) is 0.158. The van der Waals surface area contributed by atoms with Crippen molar-refractivity contribution < 1.29 is 18.7 Å². The second-order valence-electron chi connectivity index (χ2n) is 5.38. The number of methoxy groups -OCH3 is 1. The van der Waals surface area contributed by atoms with Crippen LogP contribution in [0.2, 0.25) is 0 Å². The molecule has 0 aliphatic carbocycles. The summed E-state index contributed by atoms with van der Waals surface area (Å²) in [5.41, 5.74) is 0.432. The molecule has 0 unspecified atom stereocenters. The van der Waals surface area contributed by atoms with Gasteiger partial charge in [0.05, 0.1) is 13.7 Å². The average molecular weight is 371 g/mol. The van der Waals surface area contributed by atoms with Crippen molar-refractivity contribution in [1.29, 1.82) is 0 Å². The standard InChI is InChI=1S/C19H17NO5S/c1-23-14-5-2-4-13(8-14)11-24-18-12-25-17(9-16(18)21)19(22)20-10-15-6-3-7-26-15/h2-9,12H,10-11H2,1H3,(H,20,22). The highest BCUT2D eigenvalue weighted by Gasteiger charge is 2.12. The van der Waals surface area contributed by atoms with Crippen LogP contribution >= 0.6 is 11.3 Å². The summed E-state index contributed by atoms with van der Waals surface area (Å²) >= 11 is 1.54. The third-order valence-corrected chi connectivity index (χ3v) is 4.43. The largest absolute Gasteiger partial charge is 0.497 e. The van der Waals surface area contributed by atoms with Gasteiger partial charge in [0.25, 0.3) is 5.91 Å². The van der Waals surface area contributed by atoms with Gasteiger partial charge in [-0.2, -0.15) is 0 Å². The van der Waals surface area contributed by atoms with Crippen molar-refractivity contribution >= 4 is 17.2 Å². The molecule has 0 spiro atoms. The molecule has 0 fully saturated rings. The van der Waals surface area contributed by atoms with Gasteiger partial charge in [-0.05, 0) is 29.1 Å². The molecule has 0 saturated heterocycles. The predicted octanol–water partition coefficient (Wildman–Crippen LogP) is 3.22. The molecule has 134 valence electrons. The summed E-state index contributed by atoms with van der Waals surface area (Å²) in [5, 5.41) is 4.63. The summed E-state index contributed by atoms with van der Waals surface area (Å²) in [6, 6.07) is 12.3. The van der Waals surface area contributed by atoms with E-state index in [9.17, 15) is 9.59 Å². The van der Waals surface area contributed by atoms with E-state index in [0.717, 1.165) is 22.8 Å². The van der Waals surface area contributed by atoms with E-state index in [1.54, 1.807) is 7.11 Å². The van der Waals surface area contributed by atoms with Crippen LogP contribution in [0.3, 0.4) is 0 Å². The molecular weight excluding hydrogens is 354 g/mol.